The molecular formula is C21H27ClN2O3S. The lowest BCUT2D eigenvalue weighted by Gasteiger charge is -2.23. The first-order valence-corrected chi connectivity index (χ1v) is 11.5. The van der Waals surface area contributed by atoms with Crippen molar-refractivity contribution in [1.82, 2.24) is 5.32 Å². The Hall–Kier alpha value is -2.05. The van der Waals surface area contributed by atoms with Gasteiger partial charge in [-0.15, -0.1) is 0 Å². The molecule has 1 atom stereocenters. The molecule has 2 rings (SSSR count). The number of carbonyl (C=O) groups is 1. The molecule has 0 aromatic heterocycles. The molecule has 0 bridgehead atoms. The first-order chi connectivity index (χ1) is 13.2. The lowest BCUT2D eigenvalue weighted by atomic mass is 10.0. The van der Waals surface area contributed by atoms with Gasteiger partial charge in [0.15, 0.2) is 0 Å². The van der Waals surface area contributed by atoms with Crippen LogP contribution in [0.15, 0.2) is 48.5 Å². The van der Waals surface area contributed by atoms with Gasteiger partial charge in [0.05, 0.1) is 18.0 Å². The SMILES string of the molecule is CC[C@@H](NC(=O)CCCN(c1cccc(Cl)c1)S(C)(=O)=O)c1ccc(C)cc1. The first kappa shape index (κ1) is 22.2. The fourth-order valence-corrected chi connectivity index (χ4v) is 4.13. The molecule has 0 heterocycles. The van der Waals surface area contributed by atoms with Crippen LogP contribution in [0.3, 0.4) is 0 Å². The molecule has 1 amide bonds. The van der Waals surface area contributed by atoms with E-state index in [1.54, 1.807) is 24.3 Å². The van der Waals surface area contributed by atoms with E-state index < -0.39 is 10.0 Å². The van der Waals surface area contributed by atoms with Gasteiger partial charge in [-0.3, -0.25) is 9.10 Å². The molecule has 0 aliphatic rings. The summed E-state index contributed by atoms with van der Waals surface area (Å²) in [5.41, 5.74) is 2.74. The Morgan fingerprint density at radius 1 is 1.18 bits per heavy atom. The third-order valence-corrected chi connectivity index (χ3v) is 5.91. The Bertz CT molecular complexity index is 898. The number of aryl methyl sites for hydroxylation is 1. The molecule has 7 heteroatoms. The molecule has 152 valence electrons. The molecule has 0 spiro atoms. The van der Waals surface area contributed by atoms with Crippen molar-refractivity contribution < 1.29 is 13.2 Å². The molecule has 1 N–H and O–H groups in total. The molecule has 0 unspecified atom stereocenters. The summed E-state index contributed by atoms with van der Waals surface area (Å²) in [6.07, 6.45) is 2.59. The predicted octanol–water partition coefficient (Wildman–Crippen LogP) is 4.46. The van der Waals surface area contributed by atoms with Gasteiger partial charge in [0.2, 0.25) is 15.9 Å². The second-order valence-corrected chi connectivity index (χ2v) is 9.20. The van der Waals surface area contributed by atoms with E-state index >= 15 is 0 Å². The van der Waals surface area contributed by atoms with Gasteiger partial charge in [-0.1, -0.05) is 54.4 Å². The van der Waals surface area contributed by atoms with Gasteiger partial charge in [-0.25, -0.2) is 8.42 Å². The fourth-order valence-electron chi connectivity index (χ4n) is 2.99. The summed E-state index contributed by atoms with van der Waals surface area (Å²) in [4.78, 5) is 12.4. The van der Waals surface area contributed by atoms with Crippen molar-refractivity contribution in [3.8, 4) is 0 Å². The lowest BCUT2D eigenvalue weighted by molar-refractivity contribution is -0.121. The van der Waals surface area contributed by atoms with E-state index in [2.05, 4.69) is 5.32 Å². The van der Waals surface area contributed by atoms with Crippen LogP contribution >= 0.6 is 11.6 Å². The van der Waals surface area contributed by atoms with Gasteiger partial charge < -0.3 is 5.32 Å². The van der Waals surface area contributed by atoms with E-state index in [1.807, 2.05) is 38.1 Å². The number of amides is 1. The second kappa shape index (κ2) is 9.94. The van der Waals surface area contributed by atoms with Gasteiger partial charge in [0.1, 0.15) is 0 Å². The maximum atomic E-state index is 12.4. The van der Waals surface area contributed by atoms with Gasteiger partial charge in [-0.05, 0) is 43.5 Å². The molecule has 2 aromatic rings. The van der Waals surface area contributed by atoms with Crippen LogP contribution in [0.1, 0.15) is 43.4 Å². The van der Waals surface area contributed by atoms with Crippen molar-refractivity contribution in [2.45, 2.75) is 39.2 Å². The third-order valence-electron chi connectivity index (χ3n) is 4.48. The Morgan fingerprint density at radius 2 is 1.86 bits per heavy atom. The lowest BCUT2D eigenvalue weighted by Crippen LogP contribution is -2.33. The van der Waals surface area contributed by atoms with Crippen LogP contribution < -0.4 is 9.62 Å². The number of nitrogens with zero attached hydrogens (tertiary/aromatic N) is 1. The molecule has 2 aromatic carbocycles. The molecule has 0 aliphatic carbocycles. The molecule has 28 heavy (non-hydrogen) atoms. The van der Waals surface area contributed by atoms with Crippen LogP contribution in [0.2, 0.25) is 5.02 Å². The monoisotopic (exact) mass is 422 g/mol. The van der Waals surface area contributed by atoms with E-state index in [0.29, 0.717) is 17.1 Å². The summed E-state index contributed by atoms with van der Waals surface area (Å²) in [6.45, 7) is 4.26. The number of nitrogens with one attached hydrogen (secondary N) is 1. The van der Waals surface area contributed by atoms with E-state index in [9.17, 15) is 13.2 Å². The molecular weight excluding hydrogens is 396 g/mol. The minimum Gasteiger partial charge on any atom is -0.349 e. The van der Waals surface area contributed by atoms with Gasteiger partial charge in [0, 0.05) is 18.0 Å². The van der Waals surface area contributed by atoms with Crippen molar-refractivity contribution in [3.63, 3.8) is 0 Å². The van der Waals surface area contributed by atoms with Crippen LogP contribution in [0.5, 0.6) is 0 Å². The van der Waals surface area contributed by atoms with Gasteiger partial charge in [-0.2, -0.15) is 0 Å². The van der Waals surface area contributed by atoms with Crippen LogP contribution in [-0.2, 0) is 14.8 Å². The highest BCUT2D eigenvalue weighted by atomic mass is 35.5. The fraction of sp³-hybridized carbons (Fsp3) is 0.381. The Morgan fingerprint density at radius 3 is 2.43 bits per heavy atom. The topological polar surface area (TPSA) is 66.5 Å². The van der Waals surface area contributed by atoms with E-state index in [1.165, 1.54) is 9.87 Å². The van der Waals surface area contributed by atoms with Crippen LogP contribution in [0, 0.1) is 6.92 Å². The highest BCUT2D eigenvalue weighted by molar-refractivity contribution is 7.92. The third kappa shape index (κ3) is 6.53. The van der Waals surface area contributed by atoms with Gasteiger partial charge >= 0.3 is 0 Å². The summed E-state index contributed by atoms with van der Waals surface area (Å²) in [5.74, 6) is -0.0908. The van der Waals surface area contributed by atoms with Crippen molar-refractivity contribution in [1.29, 1.82) is 0 Å². The largest absolute Gasteiger partial charge is 0.349 e. The van der Waals surface area contributed by atoms with Crippen LogP contribution in [0.25, 0.3) is 0 Å². The quantitative estimate of drug-likeness (QED) is 0.648. The molecule has 5 nitrogen and oxygen atoms in total. The maximum absolute atomic E-state index is 12.4. The minimum absolute atomic E-state index is 0.0490. The number of hydrogen-bond acceptors (Lipinski definition) is 3. The Labute approximate surface area is 172 Å². The molecule has 0 saturated heterocycles. The number of rotatable bonds is 9. The number of carbonyl (C=O) groups excluding carboxylic acids is 1. The molecule has 0 radical (unpaired) electrons. The maximum Gasteiger partial charge on any atom is 0.232 e. The molecule has 0 saturated carbocycles. The number of halogens is 1. The smallest absolute Gasteiger partial charge is 0.232 e. The molecule has 0 fully saturated rings. The highest BCUT2D eigenvalue weighted by Crippen LogP contribution is 2.22. The standard InChI is InChI=1S/C21H27ClN2O3S/c1-4-20(17-12-10-16(2)11-13-17)23-21(25)9-6-14-24(28(3,26)27)19-8-5-7-18(22)15-19/h5,7-8,10-13,15,20H,4,6,9,14H2,1-3H3,(H,23,25)/t20-/m1/s1. The van der Waals surface area contributed by atoms with E-state index in [4.69, 9.17) is 11.6 Å². The van der Waals surface area contributed by atoms with Gasteiger partial charge in [0.25, 0.3) is 0 Å². The number of sulfonamides is 1. The minimum atomic E-state index is -3.46. The van der Waals surface area contributed by atoms with Crippen molar-refractivity contribution in [2.75, 3.05) is 17.1 Å². The number of anilines is 1. The zero-order valence-electron chi connectivity index (χ0n) is 16.5. The number of benzene rings is 2. The van der Waals surface area contributed by atoms with Crippen molar-refractivity contribution in [2.24, 2.45) is 0 Å². The normalized spacial score (nSPS) is 12.4. The average molecular weight is 423 g/mol. The van der Waals surface area contributed by atoms with Crippen LogP contribution in [0.4, 0.5) is 5.69 Å². The number of hydrogen-bond donors (Lipinski definition) is 1. The zero-order chi connectivity index (χ0) is 20.7. The Kier molecular flexibility index (Phi) is 7.89. The average Bonchev–Trinajstić information content (AvgIpc) is 2.63. The first-order valence-electron chi connectivity index (χ1n) is 9.30. The molecule has 0 aliphatic heterocycles. The highest BCUT2D eigenvalue weighted by Gasteiger charge is 2.18. The zero-order valence-corrected chi connectivity index (χ0v) is 18.1. The summed E-state index contributed by atoms with van der Waals surface area (Å²) >= 11 is 5.98. The van der Waals surface area contributed by atoms with E-state index in [0.717, 1.165) is 18.2 Å². The Balaban J connectivity index is 1.96. The van der Waals surface area contributed by atoms with E-state index in [-0.39, 0.29) is 24.9 Å². The summed E-state index contributed by atoms with van der Waals surface area (Å²) in [5, 5.41) is 3.50. The summed E-state index contributed by atoms with van der Waals surface area (Å²) in [7, 11) is -3.46. The van der Waals surface area contributed by atoms with Crippen molar-refractivity contribution in [3.05, 3.63) is 64.7 Å². The summed E-state index contributed by atoms with van der Waals surface area (Å²) in [6, 6.07) is 14.7. The summed E-state index contributed by atoms with van der Waals surface area (Å²) < 4.78 is 25.6. The second-order valence-electron chi connectivity index (χ2n) is 6.86. The van der Waals surface area contributed by atoms with Crippen LogP contribution in [-0.4, -0.2) is 27.1 Å². The van der Waals surface area contributed by atoms with Crippen molar-refractivity contribution >= 4 is 33.2 Å². The predicted molar refractivity (Wildman–Crippen MR) is 115 cm³/mol.